The van der Waals surface area contributed by atoms with Crippen molar-refractivity contribution in [1.29, 1.82) is 0 Å². The normalized spacial score (nSPS) is 16.2. The van der Waals surface area contributed by atoms with E-state index in [9.17, 15) is 0 Å². The zero-order chi connectivity index (χ0) is 9.26. The molecule has 0 N–H and O–H groups in total. The first-order valence-electron chi connectivity index (χ1n) is 4.02. The summed E-state index contributed by atoms with van der Waals surface area (Å²) >= 11 is 9.27. The lowest BCUT2D eigenvalue weighted by atomic mass is 10.3. The maximum Gasteiger partial charge on any atom is 0.128 e. The van der Waals surface area contributed by atoms with E-state index in [1.54, 1.807) is 0 Å². The number of halogens is 2. The number of hydrogen-bond acceptors (Lipinski definition) is 2. The largest absolute Gasteiger partial charge is 0.263 e. The Labute approximate surface area is 90.3 Å². The van der Waals surface area contributed by atoms with E-state index in [-0.39, 0.29) is 0 Å². The van der Waals surface area contributed by atoms with Gasteiger partial charge in [-0.2, -0.15) is 5.10 Å². The monoisotopic (exact) mass is 258 g/mol. The lowest BCUT2D eigenvalue weighted by molar-refractivity contribution is 0.919. The van der Waals surface area contributed by atoms with E-state index >= 15 is 0 Å². The standard InChI is InChI=1S/C9H8BrClN2/c10-7-3-1-2-4-8(7)13-6-5-9(11)12-13/h1-4H,5-6H2. The van der Waals surface area contributed by atoms with E-state index in [1.165, 1.54) is 0 Å². The molecule has 13 heavy (non-hydrogen) atoms. The van der Waals surface area contributed by atoms with Crippen LogP contribution in [0.2, 0.25) is 0 Å². The molecule has 1 aromatic rings. The van der Waals surface area contributed by atoms with Crippen LogP contribution in [0.5, 0.6) is 0 Å². The third-order valence-electron chi connectivity index (χ3n) is 1.89. The van der Waals surface area contributed by atoms with Gasteiger partial charge in [0.2, 0.25) is 0 Å². The molecular weight excluding hydrogens is 251 g/mol. The average molecular weight is 260 g/mol. The first-order chi connectivity index (χ1) is 6.27. The molecule has 0 saturated carbocycles. The van der Waals surface area contributed by atoms with Crippen LogP contribution in [0, 0.1) is 0 Å². The van der Waals surface area contributed by atoms with Crippen LogP contribution in [0.25, 0.3) is 0 Å². The van der Waals surface area contributed by atoms with Gasteiger partial charge in [0, 0.05) is 17.4 Å². The predicted molar refractivity (Wildman–Crippen MR) is 59.4 cm³/mol. The van der Waals surface area contributed by atoms with Crippen LogP contribution >= 0.6 is 27.5 Å². The molecule has 0 fully saturated rings. The summed E-state index contributed by atoms with van der Waals surface area (Å²) in [5.74, 6) is 0. The van der Waals surface area contributed by atoms with Gasteiger partial charge in [-0.3, -0.25) is 5.01 Å². The van der Waals surface area contributed by atoms with Crippen molar-refractivity contribution in [1.82, 2.24) is 0 Å². The highest BCUT2D eigenvalue weighted by Crippen LogP contribution is 2.28. The Morgan fingerprint density at radius 1 is 1.38 bits per heavy atom. The molecule has 0 radical (unpaired) electrons. The first kappa shape index (κ1) is 9.03. The van der Waals surface area contributed by atoms with E-state index < -0.39 is 0 Å². The lowest BCUT2D eigenvalue weighted by Gasteiger charge is -2.14. The van der Waals surface area contributed by atoms with Crippen molar-refractivity contribution in [3.63, 3.8) is 0 Å². The van der Waals surface area contributed by atoms with Gasteiger partial charge in [-0.15, -0.1) is 0 Å². The van der Waals surface area contributed by atoms with Crippen LogP contribution in [0.1, 0.15) is 6.42 Å². The summed E-state index contributed by atoms with van der Waals surface area (Å²) in [4.78, 5) is 0. The second-order valence-corrected chi connectivity index (χ2v) is 4.09. The third kappa shape index (κ3) is 1.86. The van der Waals surface area contributed by atoms with Gasteiger partial charge in [0.05, 0.1) is 5.69 Å². The van der Waals surface area contributed by atoms with Gasteiger partial charge in [0.1, 0.15) is 5.17 Å². The predicted octanol–water partition coefficient (Wildman–Crippen LogP) is 3.21. The molecular formula is C9H8BrClN2. The van der Waals surface area contributed by atoms with E-state index in [0.29, 0.717) is 5.17 Å². The molecule has 0 amide bonds. The van der Waals surface area contributed by atoms with Gasteiger partial charge in [-0.25, -0.2) is 0 Å². The highest BCUT2D eigenvalue weighted by molar-refractivity contribution is 9.10. The molecule has 0 atom stereocenters. The quantitative estimate of drug-likeness (QED) is 0.756. The fourth-order valence-corrected chi connectivity index (χ4v) is 1.93. The van der Waals surface area contributed by atoms with Crippen molar-refractivity contribution in [2.24, 2.45) is 5.10 Å². The zero-order valence-corrected chi connectivity index (χ0v) is 9.22. The number of hydrazone groups is 1. The highest BCUT2D eigenvalue weighted by atomic mass is 79.9. The Kier molecular flexibility index (Phi) is 2.56. The summed E-state index contributed by atoms with van der Waals surface area (Å²) in [6.45, 7) is 0.863. The Morgan fingerprint density at radius 2 is 2.15 bits per heavy atom. The van der Waals surface area contributed by atoms with Crippen molar-refractivity contribution in [2.75, 3.05) is 11.6 Å². The maximum atomic E-state index is 5.80. The van der Waals surface area contributed by atoms with Crippen LogP contribution in [0.3, 0.4) is 0 Å². The number of benzene rings is 1. The summed E-state index contributed by atoms with van der Waals surface area (Å²) in [5, 5.41) is 6.79. The second-order valence-electron chi connectivity index (χ2n) is 2.80. The molecule has 2 rings (SSSR count). The van der Waals surface area contributed by atoms with Crippen molar-refractivity contribution in [3.8, 4) is 0 Å². The number of hydrogen-bond donors (Lipinski definition) is 0. The van der Waals surface area contributed by atoms with Gasteiger partial charge in [0.15, 0.2) is 0 Å². The number of nitrogens with zero attached hydrogens (tertiary/aromatic N) is 2. The zero-order valence-electron chi connectivity index (χ0n) is 6.87. The molecule has 68 valence electrons. The minimum atomic E-state index is 0.677. The number of rotatable bonds is 1. The van der Waals surface area contributed by atoms with Gasteiger partial charge in [0.25, 0.3) is 0 Å². The molecule has 0 unspecified atom stereocenters. The van der Waals surface area contributed by atoms with Crippen LogP contribution in [0.4, 0.5) is 5.69 Å². The molecule has 1 heterocycles. The van der Waals surface area contributed by atoms with Gasteiger partial charge in [-0.1, -0.05) is 23.7 Å². The SMILES string of the molecule is ClC1=NN(c2ccccc2Br)CC1. The topological polar surface area (TPSA) is 15.6 Å². The fourth-order valence-electron chi connectivity index (χ4n) is 1.26. The average Bonchev–Trinajstić information content (AvgIpc) is 2.53. The van der Waals surface area contributed by atoms with E-state index in [1.807, 2.05) is 29.3 Å². The first-order valence-corrected chi connectivity index (χ1v) is 5.19. The van der Waals surface area contributed by atoms with Crippen LogP contribution in [-0.4, -0.2) is 11.7 Å². The van der Waals surface area contributed by atoms with Crippen molar-refractivity contribution < 1.29 is 0 Å². The van der Waals surface area contributed by atoms with Crippen molar-refractivity contribution in [3.05, 3.63) is 28.7 Å². The highest BCUT2D eigenvalue weighted by Gasteiger charge is 2.15. The molecule has 0 bridgehead atoms. The third-order valence-corrected chi connectivity index (χ3v) is 2.82. The maximum absolute atomic E-state index is 5.80. The molecule has 1 aliphatic rings. The molecule has 0 aliphatic carbocycles. The Bertz CT molecular complexity index is 351. The molecule has 2 nitrogen and oxygen atoms in total. The minimum absolute atomic E-state index is 0.677. The van der Waals surface area contributed by atoms with Crippen LogP contribution < -0.4 is 5.01 Å². The second kappa shape index (κ2) is 3.68. The Morgan fingerprint density at radius 3 is 2.77 bits per heavy atom. The molecule has 1 aliphatic heterocycles. The molecule has 1 aromatic carbocycles. The fraction of sp³-hybridized carbons (Fsp3) is 0.222. The Balaban J connectivity index is 2.31. The van der Waals surface area contributed by atoms with Crippen molar-refractivity contribution in [2.45, 2.75) is 6.42 Å². The van der Waals surface area contributed by atoms with Crippen LogP contribution in [0.15, 0.2) is 33.8 Å². The minimum Gasteiger partial charge on any atom is -0.263 e. The smallest absolute Gasteiger partial charge is 0.128 e. The van der Waals surface area contributed by atoms with E-state index in [2.05, 4.69) is 21.0 Å². The summed E-state index contributed by atoms with van der Waals surface area (Å²) in [7, 11) is 0. The van der Waals surface area contributed by atoms with E-state index in [4.69, 9.17) is 11.6 Å². The number of anilines is 1. The molecule has 0 spiro atoms. The lowest BCUT2D eigenvalue weighted by Crippen LogP contribution is -2.11. The summed E-state index contributed by atoms with van der Waals surface area (Å²) in [6.07, 6.45) is 0.836. The molecule has 0 saturated heterocycles. The van der Waals surface area contributed by atoms with Crippen LogP contribution in [-0.2, 0) is 0 Å². The van der Waals surface area contributed by atoms with Gasteiger partial charge < -0.3 is 0 Å². The number of para-hydroxylation sites is 1. The summed E-state index contributed by atoms with van der Waals surface area (Å²) in [6, 6.07) is 7.98. The summed E-state index contributed by atoms with van der Waals surface area (Å²) in [5.41, 5.74) is 1.07. The van der Waals surface area contributed by atoms with Gasteiger partial charge in [-0.05, 0) is 28.1 Å². The van der Waals surface area contributed by atoms with Crippen molar-refractivity contribution >= 4 is 38.4 Å². The molecule has 4 heteroatoms. The summed E-state index contributed by atoms with van der Waals surface area (Å²) < 4.78 is 1.05. The van der Waals surface area contributed by atoms with Gasteiger partial charge >= 0.3 is 0 Å². The van der Waals surface area contributed by atoms with E-state index in [0.717, 1.165) is 23.1 Å². The molecule has 0 aromatic heterocycles. The Hall–Kier alpha value is -0.540.